The molecule has 0 bridgehead atoms. The van der Waals surface area contributed by atoms with Gasteiger partial charge in [0.25, 0.3) is 0 Å². The number of rotatable bonds is 6. The van der Waals surface area contributed by atoms with Crippen molar-refractivity contribution in [1.29, 1.82) is 0 Å². The van der Waals surface area contributed by atoms with Crippen molar-refractivity contribution >= 4 is 0 Å². The van der Waals surface area contributed by atoms with Gasteiger partial charge >= 0.3 is 0 Å². The van der Waals surface area contributed by atoms with Crippen molar-refractivity contribution in [2.45, 2.75) is 38.7 Å². The van der Waals surface area contributed by atoms with Crippen molar-refractivity contribution < 1.29 is 4.74 Å². The molecular formula is C14H24N2O. The fourth-order valence-electron chi connectivity index (χ4n) is 2.49. The van der Waals surface area contributed by atoms with E-state index in [0.29, 0.717) is 0 Å². The van der Waals surface area contributed by atoms with Crippen LogP contribution in [0.1, 0.15) is 44.4 Å². The van der Waals surface area contributed by atoms with Crippen LogP contribution < -0.4 is 5.32 Å². The van der Waals surface area contributed by atoms with Crippen LogP contribution in [0.5, 0.6) is 0 Å². The van der Waals surface area contributed by atoms with Crippen LogP contribution in [0.4, 0.5) is 0 Å². The van der Waals surface area contributed by atoms with Crippen LogP contribution >= 0.6 is 0 Å². The number of nitrogens with one attached hydrogen (secondary N) is 2. The number of hydrogen-bond donors (Lipinski definition) is 2. The molecule has 1 aromatic heterocycles. The second-order valence-electron chi connectivity index (χ2n) is 4.97. The lowest BCUT2D eigenvalue weighted by Gasteiger charge is -2.22. The molecule has 1 fully saturated rings. The highest BCUT2D eigenvalue weighted by Crippen LogP contribution is 2.19. The Labute approximate surface area is 104 Å². The Kier molecular flexibility index (Phi) is 5.08. The molecular weight excluding hydrogens is 212 g/mol. The highest BCUT2D eigenvalue weighted by Gasteiger charge is 2.12. The second-order valence-corrected chi connectivity index (χ2v) is 4.97. The lowest BCUT2D eigenvalue weighted by molar-refractivity contribution is 0.0576. The minimum Gasteiger partial charge on any atom is -0.372 e. The van der Waals surface area contributed by atoms with E-state index in [0.717, 1.165) is 12.5 Å². The molecule has 0 amide bonds. The Bertz CT molecular complexity index is 291. The van der Waals surface area contributed by atoms with Gasteiger partial charge in [0.1, 0.15) is 0 Å². The first kappa shape index (κ1) is 12.7. The molecule has 0 spiro atoms. The fourth-order valence-corrected chi connectivity index (χ4v) is 2.49. The van der Waals surface area contributed by atoms with Gasteiger partial charge in [-0.2, -0.15) is 0 Å². The van der Waals surface area contributed by atoms with Gasteiger partial charge in [-0.05, 0) is 63.7 Å². The van der Waals surface area contributed by atoms with Crippen LogP contribution in [0.25, 0.3) is 0 Å². The zero-order valence-corrected chi connectivity index (χ0v) is 10.7. The molecule has 1 aliphatic rings. The predicted molar refractivity (Wildman–Crippen MR) is 70.0 cm³/mol. The Balaban J connectivity index is 1.56. The maximum absolute atomic E-state index is 5.83. The van der Waals surface area contributed by atoms with Crippen LogP contribution in [-0.4, -0.2) is 24.7 Å². The average Bonchev–Trinajstić information content (AvgIpc) is 2.89. The van der Waals surface area contributed by atoms with E-state index in [4.69, 9.17) is 4.74 Å². The van der Waals surface area contributed by atoms with Crippen LogP contribution in [0.3, 0.4) is 0 Å². The summed E-state index contributed by atoms with van der Waals surface area (Å²) in [5, 5.41) is 3.41. The van der Waals surface area contributed by atoms with Crippen molar-refractivity contribution in [2.24, 2.45) is 5.92 Å². The summed E-state index contributed by atoms with van der Waals surface area (Å²) in [5.41, 5.74) is 1.17. The fraction of sp³-hybridized carbons (Fsp3) is 0.714. The summed E-state index contributed by atoms with van der Waals surface area (Å²) in [7, 11) is 0. The quantitative estimate of drug-likeness (QED) is 0.745. The number of hydrogen-bond acceptors (Lipinski definition) is 2. The van der Waals surface area contributed by atoms with Gasteiger partial charge < -0.3 is 15.0 Å². The topological polar surface area (TPSA) is 37.0 Å². The number of ether oxygens (including phenoxy) is 1. The van der Waals surface area contributed by atoms with E-state index in [1.807, 2.05) is 12.3 Å². The Morgan fingerprint density at radius 2 is 2.24 bits per heavy atom. The first-order chi connectivity index (χ1) is 8.36. The molecule has 0 radical (unpaired) electrons. The summed E-state index contributed by atoms with van der Waals surface area (Å²) >= 11 is 0. The SMILES string of the molecule is C[C@@H](OCCCC1CCNCC1)c1ccc[nH]1. The third-order valence-electron chi connectivity index (χ3n) is 3.64. The first-order valence-corrected chi connectivity index (χ1v) is 6.82. The second kappa shape index (κ2) is 6.82. The van der Waals surface area contributed by atoms with Gasteiger partial charge in [0.2, 0.25) is 0 Å². The third-order valence-corrected chi connectivity index (χ3v) is 3.64. The normalized spacial score (nSPS) is 19.4. The minimum atomic E-state index is 0.193. The van der Waals surface area contributed by atoms with Gasteiger partial charge in [0, 0.05) is 18.5 Å². The molecule has 3 nitrogen and oxygen atoms in total. The molecule has 1 saturated heterocycles. The summed E-state index contributed by atoms with van der Waals surface area (Å²) in [6, 6.07) is 4.10. The zero-order chi connectivity index (χ0) is 11.9. The predicted octanol–water partition coefficient (Wildman–Crippen LogP) is 2.87. The maximum Gasteiger partial charge on any atom is 0.0944 e. The Morgan fingerprint density at radius 1 is 1.41 bits per heavy atom. The van der Waals surface area contributed by atoms with Crippen molar-refractivity contribution in [2.75, 3.05) is 19.7 Å². The molecule has 1 atom stereocenters. The third kappa shape index (κ3) is 4.17. The van der Waals surface area contributed by atoms with E-state index in [1.54, 1.807) is 0 Å². The molecule has 0 saturated carbocycles. The van der Waals surface area contributed by atoms with E-state index in [-0.39, 0.29) is 6.10 Å². The number of aromatic nitrogens is 1. The Hall–Kier alpha value is -0.800. The summed E-state index contributed by atoms with van der Waals surface area (Å²) < 4.78 is 5.83. The van der Waals surface area contributed by atoms with E-state index >= 15 is 0 Å². The van der Waals surface area contributed by atoms with E-state index in [9.17, 15) is 0 Å². The van der Waals surface area contributed by atoms with Crippen LogP contribution in [0.15, 0.2) is 18.3 Å². The standard InChI is InChI=1S/C14H24N2O/c1-12(14-5-2-8-16-14)17-11-3-4-13-6-9-15-10-7-13/h2,5,8,12-13,15-16H,3-4,6-7,9-11H2,1H3/t12-/m1/s1. The maximum atomic E-state index is 5.83. The molecule has 96 valence electrons. The Morgan fingerprint density at radius 3 is 2.94 bits per heavy atom. The lowest BCUT2D eigenvalue weighted by atomic mass is 9.93. The minimum absolute atomic E-state index is 0.193. The molecule has 0 unspecified atom stereocenters. The van der Waals surface area contributed by atoms with Crippen LogP contribution in [-0.2, 0) is 4.74 Å². The summed E-state index contributed by atoms with van der Waals surface area (Å²) in [5.74, 6) is 0.917. The van der Waals surface area contributed by atoms with Crippen molar-refractivity contribution in [3.63, 3.8) is 0 Å². The van der Waals surface area contributed by atoms with Crippen molar-refractivity contribution in [3.05, 3.63) is 24.0 Å². The van der Waals surface area contributed by atoms with Crippen LogP contribution in [0.2, 0.25) is 0 Å². The summed E-state index contributed by atoms with van der Waals surface area (Å²) in [6.07, 6.45) is 7.33. The molecule has 2 heterocycles. The molecule has 2 N–H and O–H groups in total. The number of aromatic amines is 1. The van der Waals surface area contributed by atoms with E-state index in [2.05, 4.69) is 23.3 Å². The zero-order valence-electron chi connectivity index (χ0n) is 10.7. The lowest BCUT2D eigenvalue weighted by Crippen LogP contribution is -2.27. The van der Waals surface area contributed by atoms with Crippen LogP contribution in [0, 0.1) is 5.92 Å². The van der Waals surface area contributed by atoms with E-state index in [1.165, 1.54) is 44.5 Å². The number of H-pyrrole nitrogens is 1. The summed E-state index contributed by atoms with van der Waals surface area (Å²) in [4.78, 5) is 3.19. The average molecular weight is 236 g/mol. The molecule has 3 heteroatoms. The number of piperidine rings is 1. The smallest absolute Gasteiger partial charge is 0.0944 e. The summed E-state index contributed by atoms with van der Waals surface area (Å²) in [6.45, 7) is 5.38. The molecule has 1 aliphatic heterocycles. The van der Waals surface area contributed by atoms with Gasteiger partial charge in [-0.25, -0.2) is 0 Å². The van der Waals surface area contributed by atoms with Gasteiger partial charge in [0.15, 0.2) is 0 Å². The molecule has 0 aliphatic carbocycles. The molecule has 1 aromatic rings. The molecule has 17 heavy (non-hydrogen) atoms. The van der Waals surface area contributed by atoms with Crippen molar-refractivity contribution in [3.8, 4) is 0 Å². The first-order valence-electron chi connectivity index (χ1n) is 6.82. The van der Waals surface area contributed by atoms with Gasteiger partial charge in [-0.3, -0.25) is 0 Å². The van der Waals surface area contributed by atoms with Gasteiger partial charge in [-0.15, -0.1) is 0 Å². The largest absolute Gasteiger partial charge is 0.372 e. The van der Waals surface area contributed by atoms with Gasteiger partial charge in [0.05, 0.1) is 6.10 Å². The highest BCUT2D eigenvalue weighted by atomic mass is 16.5. The highest BCUT2D eigenvalue weighted by molar-refractivity contribution is 5.06. The van der Waals surface area contributed by atoms with Gasteiger partial charge in [-0.1, -0.05) is 0 Å². The van der Waals surface area contributed by atoms with Crippen molar-refractivity contribution in [1.82, 2.24) is 10.3 Å². The molecule has 2 rings (SSSR count). The molecule has 0 aromatic carbocycles. The van der Waals surface area contributed by atoms with E-state index < -0.39 is 0 Å². The monoisotopic (exact) mass is 236 g/mol.